The lowest BCUT2D eigenvalue weighted by Gasteiger charge is -2.27. The predicted octanol–water partition coefficient (Wildman–Crippen LogP) is 7.13. The molecule has 0 fully saturated rings. The Bertz CT molecular complexity index is 840. The fraction of sp³-hybridized carbons (Fsp3) is 0.500. The third-order valence-electron chi connectivity index (χ3n) is 5.21. The molecular weight excluding hydrogens is 427 g/mol. The molecule has 0 spiro atoms. The highest BCUT2D eigenvalue weighted by molar-refractivity contribution is 6.31. The normalized spacial score (nSPS) is 14.8. The Morgan fingerprint density at radius 3 is 2.45 bits per heavy atom. The summed E-state index contributed by atoms with van der Waals surface area (Å²) < 4.78 is 44.1. The molecule has 0 bridgehead atoms. The lowest BCUT2D eigenvalue weighted by Crippen LogP contribution is -2.39. The number of ether oxygens (including phenoxy) is 1. The van der Waals surface area contributed by atoms with Crippen molar-refractivity contribution in [3.05, 3.63) is 58.6 Å². The second-order valence-electron chi connectivity index (χ2n) is 8.39. The SMILES string of the molecule is CCCC[C@@H](O)CC(C)(N)CCCc1ccc(Oc2cccc(C(F)(F)F)c2)cc1Cl. The van der Waals surface area contributed by atoms with Crippen molar-refractivity contribution < 1.29 is 23.0 Å². The number of nitrogens with two attached hydrogens (primary N) is 1. The molecule has 2 atom stereocenters. The van der Waals surface area contributed by atoms with E-state index in [2.05, 4.69) is 6.92 Å². The first-order chi connectivity index (χ1) is 14.5. The lowest BCUT2D eigenvalue weighted by atomic mass is 9.87. The van der Waals surface area contributed by atoms with E-state index >= 15 is 0 Å². The van der Waals surface area contributed by atoms with Crippen molar-refractivity contribution in [3.8, 4) is 11.5 Å². The van der Waals surface area contributed by atoms with Gasteiger partial charge in [0.05, 0.1) is 11.7 Å². The highest BCUT2D eigenvalue weighted by atomic mass is 35.5. The average Bonchev–Trinajstić information content (AvgIpc) is 2.67. The molecule has 3 nitrogen and oxygen atoms in total. The first-order valence-corrected chi connectivity index (χ1v) is 11.0. The number of unbranched alkanes of at least 4 members (excludes halogenated alkanes) is 1. The number of rotatable bonds is 11. The molecule has 172 valence electrons. The minimum atomic E-state index is -4.43. The van der Waals surface area contributed by atoms with Gasteiger partial charge in [-0.25, -0.2) is 0 Å². The Labute approximate surface area is 187 Å². The maximum atomic E-state index is 12.9. The van der Waals surface area contributed by atoms with Crippen molar-refractivity contribution in [1.29, 1.82) is 0 Å². The van der Waals surface area contributed by atoms with Gasteiger partial charge in [0.15, 0.2) is 0 Å². The summed E-state index contributed by atoms with van der Waals surface area (Å²) in [6.07, 6.45) is 0.811. The molecule has 3 N–H and O–H groups in total. The van der Waals surface area contributed by atoms with Gasteiger partial charge < -0.3 is 15.6 Å². The van der Waals surface area contributed by atoms with Crippen molar-refractivity contribution >= 4 is 11.6 Å². The van der Waals surface area contributed by atoms with Gasteiger partial charge in [-0.1, -0.05) is 43.5 Å². The summed E-state index contributed by atoms with van der Waals surface area (Å²) in [5.41, 5.74) is 6.05. The number of hydrogen-bond acceptors (Lipinski definition) is 3. The molecule has 0 heterocycles. The average molecular weight is 458 g/mol. The van der Waals surface area contributed by atoms with Crippen LogP contribution in [0.3, 0.4) is 0 Å². The van der Waals surface area contributed by atoms with E-state index in [-0.39, 0.29) is 11.9 Å². The Kier molecular flexibility index (Phi) is 9.22. The van der Waals surface area contributed by atoms with Gasteiger partial charge in [0.1, 0.15) is 11.5 Å². The molecule has 0 saturated heterocycles. The molecule has 0 aromatic heterocycles. The van der Waals surface area contributed by atoms with Crippen LogP contribution in [-0.2, 0) is 12.6 Å². The van der Waals surface area contributed by atoms with E-state index < -0.39 is 17.3 Å². The van der Waals surface area contributed by atoms with Crippen LogP contribution in [0, 0.1) is 0 Å². The summed E-state index contributed by atoms with van der Waals surface area (Å²) in [4.78, 5) is 0. The Morgan fingerprint density at radius 2 is 1.81 bits per heavy atom. The third-order valence-corrected chi connectivity index (χ3v) is 5.56. The van der Waals surface area contributed by atoms with E-state index in [4.69, 9.17) is 22.1 Å². The van der Waals surface area contributed by atoms with Crippen molar-refractivity contribution in [1.82, 2.24) is 0 Å². The summed E-state index contributed by atoms with van der Waals surface area (Å²) in [5, 5.41) is 10.6. The summed E-state index contributed by atoms with van der Waals surface area (Å²) in [6.45, 7) is 4.05. The quantitative estimate of drug-likeness (QED) is 0.377. The predicted molar refractivity (Wildman–Crippen MR) is 119 cm³/mol. The molecule has 0 amide bonds. The molecule has 2 aromatic carbocycles. The number of alkyl halides is 3. The number of aryl methyl sites for hydroxylation is 1. The Morgan fingerprint density at radius 1 is 1.10 bits per heavy atom. The van der Waals surface area contributed by atoms with E-state index in [1.807, 2.05) is 13.0 Å². The summed E-state index contributed by atoms with van der Waals surface area (Å²) in [7, 11) is 0. The number of aliphatic hydroxyl groups is 1. The number of benzene rings is 2. The van der Waals surface area contributed by atoms with Crippen LogP contribution in [0.5, 0.6) is 11.5 Å². The van der Waals surface area contributed by atoms with E-state index in [0.717, 1.165) is 49.8 Å². The van der Waals surface area contributed by atoms with Crippen LogP contribution in [0.25, 0.3) is 0 Å². The molecule has 1 unspecified atom stereocenters. The van der Waals surface area contributed by atoms with Crippen molar-refractivity contribution in [2.45, 2.75) is 76.6 Å². The molecule has 0 aliphatic heterocycles. The van der Waals surface area contributed by atoms with Crippen LogP contribution in [-0.4, -0.2) is 16.7 Å². The zero-order valence-electron chi connectivity index (χ0n) is 18.0. The first kappa shape index (κ1) is 25.5. The van der Waals surface area contributed by atoms with Gasteiger partial charge in [-0.3, -0.25) is 0 Å². The molecule has 2 rings (SSSR count). The molecule has 0 aliphatic carbocycles. The van der Waals surface area contributed by atoms with E-state index in [1.165, 1.54) is 12.1 Å². The van der Waals surface area contributed by atoms with Crippen LogP contribution < -0.4 is 10.5 Å². The van der Waals surface area contributed by atoms with Crippen molar-refractivity contribution in [2.75, 3.05) is 0 Å². The van der Waals surface area contributed by atoms with E-state index in [0.29, 0.717) is 23.6 Å². The van der Waals surface area contributed by atoms with Gasteiger partial charge in [0.25, 0.3) is 0 Å². The smallest absolute Gasteiger partial charge is 0.416 e. The van der Waals surface area contributed by atoms with Crippen LogP contribution in [0.2, 0.25) is 5.02 Å². The van der Waals surface area contributed by atoms with Gasteiger partial charge in [-0.05, 0) is 74.9 Å². The standard InChI is InChI=1S/C24H31ClF3NO2/c1-3-4-9-19(30)16-23(2,29)13-6-7-17-11-12-21(15-22(17)25)31-20-10-5-8-18(14-20)24(26,27)28/h5,8,10-12,14-15,19,30H,3-4,6-7,9,13,16,29H2,1-2H3/t19-,23?/m1/s1. The molecule has 0 aliphatic rings. The fourth-order valence-corrected chi connectivity index (χ4v) is 3.80. The molecule has 31 heavy (non-hydrogen) atoms. The molecule has 0 radical (unpaired) electrons. The summed E-state index contributed by atoms with van der Waals surface area (Å²) in [5.74, 6) is 0.468. The zero-order valence-corrected chi connectivity index (χ0v) is 18.8. The molecule has 2 aromatic rings. The monoisotopic (exact) mass is 457 g/mol. The molecule has 0 saturated carbocycles. The van der Waals surface area contributed by atoms with Crippen LogP contribution in [0.15, 0.2) is 42.5 Å². The second kappa shape index (κ2) is 11.2. The van der Waals surface area contributed by atoms with Crippen LogP contribution in [0.1, 0.15) is 63.5 Å². The van der Waals surface area contributed by atoms with Gasteiger partial charge in [0, 0.05) is 10.6 Å². The largest absolute Gasteiger partial charge is 0.457 e. The second-order valence-corrected chi connectivity index (χ2v) is 8.80. The van der Waals surface area contributed by atoms with Gasteiger partial charge >= 0.3 is 6.18 Å². The van der Waals surface area contributed by atoms with Gasteiger partial charge in [0.2, 0.25) is 0 Å². The molecule has 7 heteroatoms. The van der Waals surface area contributed by atoms with Crippen LogP contribution >= 0.6 is 11.6 Å². The maximum absolute atomic E-state index is 12.9. The molecular formula is C24H31ClF3NO2. The van der Waals surface area contributed by atoms with Crippen molar-refractivity contribution in [2.24, 2.45) is 5.73 Å². The highest BCUT2D eigenvalue weighted by Gasteiger charge is 2.30. The number of halogens is 4. The summed E-state index contributed by atoms with van der Waals surface area (Å²) in [6, 6.07) is 9.83. The Hall–Kier alpha value is -1.76. The van der Waals surface area contributed by atoms with E-state index in [9.17, 15) is 18.3 Å². The van der Waals surface area contributed by atoms with Crippen molar-refractivity contribution in [3.63, 3.8) is 0 Å². The highest BCUT2D eigenvalue weighted by Crippen LogP contribution is 2.34. The number of aliphatic hydroxyl groups excluding tert-OH is 1. The Balaban J connectivity index is 1.91. The summed E-state index contributed by atoms with van der Waals surface area (Å²) >= 11 is 6.36. The minimum Gasteiger partial charge on any atom is -0.457 e. The fourth-order valence-electron chi connectivity index (χ4n) is 3.53. The topological polar surface area (TPSA) is 55.5 Å². The lowest BCUT2D eigenvalue weighted by molar-refractivity contribution is -0.137. The van der Waals surface area contributed by atoms with Gasteiger partial charge in [-0.2, -0.15) is 13.2 Å². The van der Waals surface area contributed by atoms with Gasteiger partial charge in [-0.15, -0.1) is 0 Å². The van der Waals surface area contributed by atoms with E-state index in [1.54, 1.807) is 12.1 Å². The minimum absolute atomic E-state index is 0.0965. The third kappa shape index (κ3) is 8.71. The first-order valence-electron chi connectivity index (χ1n) is 10.6. The van der Waals surface area contributed by atoms with Crippen LogP contribution in [0.4, 0.5) is 13.2 Å². The maximum Gasteiger partial charge on any atom is 0.416 e. The zero-order chi connectivity index (χ0) is 23.1. The number of hydrogen-bond donors (Lipinski definition) is 2.